The first-order valence-electron chi connectivity index (χ1n) is 6.42. The standard InChI is InChI=1S/C14H22Cl2N2/c1-4-11(5-2)18(3)14(9-17)12-7-6-10(15)8-13(12)16/h6-8,11,14H,4-5,9,17H2,1-3H3. The Morgan fingerprint density at radius 3 is 2.28 bits per heavy atom. The first-order chi connectivity index (χ1) is 8.54. The largest absolute Gasteiger partial charge is 0.329 e. The molecule has 2 nitrogen and oxygen atoms in total. The number of nitrogens with two attached hydrogens (primary N) is 1. The van der Waals surface area contributed by atoms with Gasteiger partial charge in [0.15, 0.2) is 0 Å². The Labute approximate surface area is 120 Å². The van der Waals surface area contributed by atoms with Crippen molar-refractivity contribution in [3.8, 4) is 0 Å². The van der Waals surface area contributed by atoms with Gasteiger partial charge < -0.3 is 5.73 Å². The van der Waals surface area contributed by atoms with Crippen molar-refractivity contribution in [2.45, 2.75) is 38.8 Å². The van der Waals surface area contributed by atoms with Gasteiger partial charge in [-0.1, -0.05) is 43.1 Å². The van der Waals surface area contributed by atoms with Crippen LogP contribution >= 0.6 is 23.2 Å². The molecular weight excluding hydrogens is 267 g/mol. The van der Waals surface area contributed by atoms with Crippen LogP contribution < -0.4 is 5.73 Å². The van der Waals surface area contributed by atoms with Crippen molar-refractivity contribution in [1.29, 1.82) is 0 Å². The lowest BCUT2D eigenvalue weighted by molar-refractivity contribution is 0.168. The molecule has 0 heterocycles. The first-order valence-corrected chi connectivity index (χ1v) is 7.17. The molecule has 18 heavy (non-hydrogen) atoms. The van der Waals surface area contributed by atoms with E-state index in [0.717, 1.165) is 18.4 Å². The number of rotatable bonds is 6. The van der Waals surface area contributed by atoms with Crippen LogP contribution in [0.3, 0.4) is 0 Å². The van der Waals surface area contributed by atoms with Crippen molar-refractivity contribution in [1.82, 2.24) is 4.90 Å². The smallest absolute Gasteiger partial charge is 0.0485 e. The summed E-state index contributed by atoms with van der Waals surface area (Å²) in [5, 5.41) is 1.35. The summed E-state index contributed by atoms with van der Waals surface area (Å²) in [6.07, 6.45) is 2.21. The molecule has 1 aromatic carbocycles. The molecule has 0 aliphatic rings. The Morgan fingerprint density at radius 1 is 1.22 bits per heavy atom. The molecule has 0 bridgehead atoms. The van der Waals surface area contributed by atoms with Crippen LogP contribution in [0.4, 0.5) is 0 Å². The van der Waals surface area contributed by atoms with Gasteiger partial charge in [-0.25, -0.2) is 0 Å². The topological polar surface area (TPSA) is 29.3 Å². The number of hydrogen-bond donors (Lipinski definition) is 1. The van der Waals surface area contributed by atoms with Gasteiger partial charge in [-0.15, -0.1) is 0 Å². The molecular formula is C14H22Cl2N2. The zero-order chi connectivity index (χ0) is 13.7. The first kappa shape index (κ1) is 15.8. The average molecular weight is 289 g/mol. The fourth-order valence-corrected chi connectivity index (χ4v) is 2.94. The van der Waals surface area contributed by atoms with E-state index in [-0.39, 0.29) is 6.04 Å². The van der Waals surface area contributed by atoms with E-state index in [1.807, 2.05) is 12.1 Å². The SMILES string of the molecule is CCC(CC)N(C)C(CN)c1ccc(Cl)cc1Cl. The zero-order valence-electron chi connectivity index (χ0n) is 11.3. The van der Waals surface area contributed by atoms with Crippen molar-refractivity contribution >= 4 is 23.2 Å². The third-order valence-corrected chi connectivity index (χ3v) is 4.12. The minimum absolute atomic E-state index is 0.139. The second-order valence-electron chi connectivity index (χ2n) is 4.55. The quantitative estimate of drug-likeness (QED) is 0.853. The lowest BCUT2D eigenvalue weighted by Crippen LogP contribution is -2.38. The lowest BCUT2D eigenvalue weighted by Gasteiger charge is -2.34. The summed E-state index contributed by atoms with van der Waals surface area (Å²) >= 11 is 12.2. The molecule has 0 fully saturated rings. The summed E-state index contributed by atoms with van der Waals surface area (Å²) < 4.78 is 0. The maximum Gasteiger partial charge on any atom is 0.0485 e. The molecule has 2 N–H and O–H groups in total. The van der Waals surface area contributed by atoms with E-state index in [1.165, 1.54) is 0 Å². The van der Waals surface area contributed by atoms with Gasteiger partial charge in [-0.3, -0.25) is 4.90 Å². The number of nitrogens with zero attached hydrogens (tertiary/aromatic N) is 1. The van der Waals surface area contributed by atoms with Gasteiger partial charge >= 0.3 is 0 Å². The van der Waals surface area contributed by atoms with E-state index >= 15 is 0 Å². The fraction of sp³-hybridized carbons (Fsp3) is 0.571. The van der Waals surface area contributed by atoms with E-state index in [0.29, 0.717) is 22.6 Å². The minimum atomic E-state index is 0.139. The van der Waals surface area contributed by atoms with Gasteiger partial charge in [0.05, 0.1) is 0 Å². The molecule has 0 aliphatic carbocycles. The molecule has 0 spiro atoms. The molecule has 1 atom stereocenters. The summed E-state index contributed by atoms with van der Waals surface area (Å²) in [5.41, 5.74) is 6.98. The molecule has 0 aliphatic heterocycles. The van der Waals surface area contributed by atoms with Crippen molar-refractivity contribution < 1.29 is 0 Å². The average Bonchev–Trinajstić information content (AvgIpc) is 2.34. The number of halogens is 2. The molecule has 1 aromatic rings. The summed E-state index contributed by atoms with van der Waals surface area (Å²) in [6.45, 7) is 4.94. The Balaban J connectivity index is 3.01. The molecule has 102 valence electrons. The Hall–Kier alpha value is -0.280. The maximum absolute atomic E-state index is 6.27. The molecule has 1 rings (SSSR count). The van der Waals surface area contributed by atoms with Crippen molar-refractivity contribution in [3.05, 3.63) is 33.8 Å². The second-order valence-corrected chi connectivity index (χ2v) is 5.40. The molecule has 0 amide bonds. The highest BCUT2D eigenvalue weighted by Crippen LogP contribution is 2.30. The highest BCUT2D eigenvalue weighted by atomic mass is 35.5. The Morgan fingerprint density at radius 2 is 1.83 bits per heavy atom. The normalized spacial score (nSPS) is 13.3. The van der Waals surface area contributed by atoms with E-state index < -0.39 is 0 Å². The van der Waals surface area contributed by atoms with Gasteiger partial charge in [0, 0.05) is 28.7 Å². The maximum atomic E-state index is 6.27. The molecule has 1 unspecified atom stereocenters. The predicted molar refractivity (Wildman–Crippen MR) is 80.4 cm³/mol. The predicted octanol–water partition coefficient (Wildman–Crippen LogP) is 4.11. The van der Waals surface area contributed by atoms with Gasteiger partial charge in [0.25, 0.3) is 0 Å². The molecule has 4 heteroatoms. The molecule has 0 saturated heterocycles. The van der Waals surface area contributed by atoms with E-state index in [4.69, 9.17) is 28.9 Å². The van der Waals surface area contributed by atoms with E-state index in [1.54, 1.807) is 6.07 Å². The van der Waals surface area contributed by atoms with E-state index in [9.17, 15) is 0 Å². The highest BCUT2D eigenvalue weighted by Gasteiger charge is 2.22. The van der Waals surface area contributed by atoms with E-state index in [2.05, 4.69) is 25.8 Å². The summed E-state index contributed by atoms with van der Waals surface area (Å²) in [4.78, 5) is 2.31. The van der Waals surface area contributed by atoms with Crippen LogP contribution in [0.25, 0.3) is 0 Å². The number of hydrogen-bond acceptors (Lipinski definition) is 2. The summed E-state index contributed by atoms with van der Waals surface area (Å²) in [7, 11) is 2.11. The van der Waals surface area contributed by atoms with Crippen LogP contribution in [-0.4, -0.2) is 24.5 Å². The van der Waals surface area contributed by atoms with Crippen LogP contribution in [-0.2, 0) is 0 Å². The van der Waals surface area contributed by atoms with Crippen LogP contribution in [0, 0.1) is 0 Å². The third-order valence-electron chi connectivity index (χ3n) is 3.55. The number of benzene rings is 1. The zero-order valence-corrected chi connectivity index (χ0v) is 12.8. The third kappa shape index (κ3) is 3.61. The number of likely N-dealkylation sites (N-methyl/N-ethyl adjacent to an activating group) is 1. The van der Waals surface area contributed by atoms with Gasteiger partial charge in [-0.05, 0) is 37.6 Å². The second kappa shape index (κ2) is 7.34. The van der Waals surface area contributed by atoms with Gasteiger partial charge in [0.2, 0.25) is 0 Å². The van der Waals surface area contributed by atoms with Crippen LogP contribution in [0.5, 0.6) is 0 Å². The van der Waals surface area contributed by atoms with Crippen molar-refractivity contribution in [2.75, 3.05) is 13.6 Å². The lowest BCUT2D eigenvalue weighted by atomic mass is 10.0. The minimum Gasteiger partial charge on any atom is -0.329 e. The summed E-state index contributed by atoms with van der Waals surface area (Å²) in [5.74, 6) is 0. The highest BCUT2D eigenvalue weighted by molar-refractivity contribution is 6.35. The van der Waals surface area contributed by atoms with Crippen LogP contribution in [0.2, 0.25) is 10.0 Å². The molecule has 0 saturated carbocycles. The van der Waals surface area contributed by atoms with Crippen molar-refractivity contribution in [3.63, 3.8) is 0 Å². The molecule has 0 radical (unpaired) electrons. The monoisotopic (exact) mass is 288 g/mol. The van der Waals surface area contributed by atoms with Crippen molar-refractivity contribution in [2.24, 2.45) is 5.73 Å². The van der Waals surface area contributed by atoms with Gasteiger partial charge in [0.1, 0.15) is 0 Å². The molecule has 0 aromatic heterocycles. The van der Waals surface area contributed by atoms with Crippen LogP contribution in [0.1, 0.15) is 38.3 Å². The van der Waals surface area contributed by atoms with Gasteiger partial charge in [-0.2, -0.15) is 0 Å². The Bertz CT molecular complexity index is 378. The van der Waals surface area contributed by atoms with Crippen LogP contribution in [0.15, 0.2) is 18.2 Å². The fourth-order valence-electron chi connectivity index (χ4n) is 2.40. The summed E-state index contributed by atoms with van der Waals surface area (Å²) in [6, 6.07) is 6.28. The Kier molecular flexibility index (Phi) is 6.44.